The van der Waals surface area contributed by atoms with Crippen LogP contribution in [0.4, 0.5) is 0 Å². The molecule has 0 spiro atoms. The molecule has 0 fully saturated rings. The Hall–Kier alpha value is -1.17. The molecule has 0 radical (unpaired) electrons. The van der Waals surface area contributed by atoms with Gasteiger partial charge in [-0.2, -0.15) is 0 Å². The fourth-order valence-electron chi connectivity index (χ4n) is 1.54. The van der Waals surface area contributed by atoms with Crippen molar-refractivity contribution in [1.82, 2.24) is 10.3 Å². The Morgan fingerprint density at radius 2 is 2.05 bits per heavy atom. The van der Waals surface area contributed by atoms with Gasteiger partial charge in [-0.15, -0.1) is 0 Å². The average Bonchev–Trinajstić information content (AvgIpc) is 2.45. The van der Waals surface area contributed by atoms with E-state index in [0.29, 0.717) is 38.3 Å². The van der Waals surface area contributed by atoms with Crippen molar-refractivity contribution in [2.45, 2.75) is 32.9 Å². The van der Waals surface area contributed by atoms with E-state index in [1.165, 1.54) is 5.56 Å². The first-order valence-corrected chi connectivity index (χ1v) is 7.10. The van der Waals surface area contributed by atoms with Crippen LogP contribution < -0.4 is 10.1 Å². The molecule has 5 heteroatoms. The lowest BCUT2D eigenvalue weighted by molar-refractivity contribution is 0.0642. The fourth-order valence-corrected chi connectivity index (χ4v) is 1.54. The molecule has 0 amide bonds. The molecule has 1 rings (SSSR count). The van der Waals surface area contributed by atoms with Gasteiger partial charge in [-0.25, -0.2) is 4.98 Å². The number of hydrogen-bond acceptors (Lipinski definition) is 5. The summed E-state index contributed by atoms with van der Waals surface area (Å²) in [6.07, 6.45) is 2.63. The number of ether oxygens (including phenoxy) is 3. The number of methoxy groups -OCH3 is 1. The lowest BCUT2D eigenvalue weighted by atomic mass is 10.2. The second-order valence-electron chi connectivity index (χ2n) is 4.85. The maximum absolute atomic E-state index is 5.61. The van der Waals surface area contributed by atoms with Gasteiger partial charge in [0, 0.05) is 45.0 Å². The molecular formula is C15H26N2O3. The topological polar surface area (TPSA) is 52.6 Å². The number of nitrogens with one attached hydrogen (secondary N) is 1. The Morgan fingerprint density at radius 1 is 1.20 bits per heavy atom. The highest BCUT2D eigenvalue weighted by molar-refractivity contribution is 5.20. The molecule has 20 heavy (non-hydrogen) atoms. The van der Waals surface area contributed by atoms with Gasteiger partial charge in [0.15, 0.2) is 0 Å². The van der Waals surface area contributed by atoms with Crippen molar-refractivity contribution < 1.29 is 14.2 Å². The van der Waals surface area contributed by atoms with Crippen molar-refractivity contribution >= 4 is 0 Å². The van der Waals surface area contributed by atoms with Crippen LogP contribution in [0.25, 0.3) is 0 Å². The molecule has 114 valence electrons. The minimum absolute atomic E-state index is 0.469. The summed E-state index contributed by atoms with van der Waals surface area (Å²) in [6.45, 7) is 7.64. The van der Waals surface area contributed by atoms with Crippen molar-refractivity contribution in [3.8, 4) is 5.88 Å². The largest absolute Gasteiger partial charge is 0.478 e. The number of hydrogen-bond donors (Lipinski definition) is 1. The molecule has 0 saturated carbocycles. The molecule has 0 aliphatic heterocycles. The number of aromatic nitrogens is 1. The molecule has 0 saturated heterocycles. The van der Waals surface area contributed by atoms with E-state index in [1.807, 2.05) is 12.1 Å². The van der Waals surface area contributed by atoms with Crippen LogP contribution in [0.1, 0.15) is 25.8 Å². The molecule has 1 aromatic heterocycles. The van der Waals surface area contributed by atoms with Gasteiger partial charge in [0.05, 0.1) is 19.8 Å². The molecular weight excluding hydrogens is 256 g/mol. The molecule has 0 aliphatic carbocycles. The van der Waals surface area contributed by atoms with Crippen LogP contribution in [0.15, 0.2) is 18.3 Å². The fraction of sp³-hybridized carbons (Fsp3) is 0.667. The summed E-state index contributed by atoms with van der Waals surface area (Å²) in [4.78, 5) is 4.20. The first kappa shape index (κ1) is 16.9. The lowest BCUT2D eigenvalue weighted by Gasteiger charge is -2.10. The standard InChI is InChI=1S/C15H26N2O3/c1-13(2)17-12-14-5-6-16-15(11-14)20-8-4-7-19-10-9-18-3/h5-6,11,13,17H,4,7-10,12H2,1-3H3. The summed E-state index contributed by atoms with van der Waals surface area (Å²) in [7, 11) is 1.67. The van der Waals surface area contributed by atoms with Gasteiger partial charge in [-0.3, -0.25) is 0 Å². The molecule has 1 aromatic rings. The molecule has 0 aliphatic rings. The van der Waals surface area contributed by atoms with E-state index >= 15 is 0 Å². The zero-order valence-electron chi connectivity index (χ0n) is 12.7. The van der Waals surface area contributed by atoms with Crippen molar-refractivity contribution in [3.05, 3.63) is 23.9 Å². The zero-order chi connectivity index (χ0) is 14.6. The lowest BCUT2D eigenvalue weighted by Crippen LogP contribution is -2.21. The SMILES string of the molecule is COCCOCCCOc1cc(CNC(C)C)ccn1. The molecule has 0 unspecified atom stereocenters. The van der Waals surface area contributed by atoms with Gasteiger partial charge in [0.1, 0.15) is 0 Å². The molecule has 0 aromatic carbocycles. The summed E-state index contributed by atoms with van der Waals surface area (Å²) in [6, 6.07) is 4.44. The van der Waals surface area contributed by atoms with Crippen LogP contribution in [0, 0.1) is 0 Å². The smallest absolute Gasteiger partial charge is 0.213 e. The first-order chi connectivity index (χ1) is 9.72. The summed E-state index contributed by atoms with van der Waals surface area (Å²) >= 11 is 0. The average molecular weight is 282 g/mol. The van der Waals surface area contributed by atoms with Crippen LogP contribution in [0.2, 0.25) is 0 Å². The van der Waals surface area contributed by atoms with Crippen LogP contribution in [-0.2, 0) is 16.0 Å². The molecule has 1 heterocycles. The van der Waals surface area contributed by atoms with E-state index in [1.54, 1.807) is 13.3 Å². The maximum Gasteiger partial charge on any atom is 0.213 e. The second kappa shape index (κ2) is 10.6. The Morgan fingerprint density at radius 3 is 2.80 bits per heavy atom. The molecule has 5 nitrogen and oxygen atoms in total. The van der Waals surface area contributed by atoms with Gasteiger partial charge in [-0.1, -0.05) is 13.8 Å². The van der Waals surface area contributed by atoms with Crippen molar-refractivity contribution in [2.75, 3.05) is 33.5 Å². The third-order valence-electron chi connectivity index (χ3n) is 2.63. The third kappa shape index (κ3) is 8.09. The van der Waals surface area contributed by atoms with Crippen LogP contribution in [-0.4, -0.2) is 44.6 Å². The summed E-state index contributed by atoms with van der Waals surface area (Å²) in [5, 5.41) is 3.37. The summed E-state index contributed by atoms with van der Waals surface area (Å²) in [5.74, 6) is 0.671. The van der Waals surface area contributed by atoms with Gasteiger partial charge in [-0.05, 0) is 11.6 Å². The van der Waals surface area contributed by atoms with Gasteiger partial charge in [0.25, 0.3) is 0 Å². The number of pyridine rings is 1. The van der Waals surface area contributed by atoms with Crippen molar-refractivity contribution in [3.63, 3.8) is 0 Å². The van der Waals surface area contributed by atoms with Crippen LogP contribution >= 0.6 is 0 Å². The Labute approximate surface area is 121 Å². The minimum atomic E-state index is 0.469. The van der Waals surface area contributed by atoms with Gasteiger partial charge >= 0.3 is 0 Å². The maximum atomic E-state index is 5.61. The van der Waals surface area contributed by atoms with E-state index in [9.17, 15) is 0 Å². The monoisotopic (exact) mass is 282 g/mol. The molecule has 0 bridgehead atoms. The normalized spacial score (nSPS) is 11.0. The summed E-state index contributed by atoms with van der Waals surface area (Å²) in [5.41, 5.74) is 1.18. The minimum Gasteiger partial charge on any atom is -0.478 e. The predicted molar refractivity (Wildman–Crippen MR) is 79.0 cm³/mol. The Kier molecular flexibility index (Phi) is 8.95. The molecule has 1 N–H and O–H groups in total. The number of rotatable bonds is 11. The van der Waals surface area contributed by atoms with Crippen molar-refractivity contribution in [2.24, 2.45) is 0 Å². The third-order valence-corrected chi connectivity index (χ3v) is 2.63. The number of nitrogens with zero attached hydrogens (tertiary/aromatic N) is 1. The van der Waals surface area contributed by atoms with Crippen molar-refractivity contribution in [1.29, 1.82) is 0 Å². The Balaban J connectivity index is 2.18. The van der Waals surface area contributed by atoms with E-state index in [2.05, 4.69) is 24.1 Å². The van der Waals surface area contributed by atoms with E-state index < -0.39 is 0 Å². The van der Waals surface area contributed by atoms with Gasteiger partial charge < -0.3 is 19.5 Å². The van der Waals surface area contributed by atoms with E-state index in [0.717, 1.165) is 13.0 Å². The first-order valence-electron chi connectivity index (χ1n) is 7.10. The Bertz CT molecular complexity index is 359. The predicted octanol–water partition coefficient (Wildman–Crippen LogP) is 2.01. The highest BCUT2D eigenvalue weighted by Gasteiger charge is 2.00. The quantitative estimate of drug-likeness (QED) is 0.629. The van der Waals surface area contributed by atoms with Crippen LogP contribution in [0.5, 0.6) is 5.88 Å². The van der Waals surface area contributed by atoms with Gasteiger partial charge in [0.2, 0.25) is 5.88 Å². The second-order valence-corrected chi connectivity index (χ2v) is 4.85. The van der Waals surface area contributed by atoms with Crippen LogP contribution in [0.3, 0.4) is 0 Å². The summed E-state index contributed by atoms with van der Waals surface area (Å²) < 4.78 is 15.9. The van der Waals surface area contributed by atoms with E-state index in [4.69, 9.17) is 14.2 Å². The molecule has 0 atom stereocenters. The highest BCUT2D eigenvalue weighted by atomic mass is 16.5. The zero-order valence-corrected chi connectivity index (χ0v) is 12.7. The van der Waals surface area contributed by atoms with E-state index in [-0.39, 0.29) is 0 Å². The highest BCUT2D eigenvalue weighted by Crippen LogP contribution is 2.09.